The van der Waals surface area contributed by atoms with Crippen LogP contribution in [-0.4, -0.2) is 4.98 Å². The molecule has 0 aliphatic rings. The summed E-state index contributed by atoms with van der Waals surface area (Å²) < 4.78 is 5.85. The highest BCUT2D eigenvalue weighted by Crippen LogP contribution is 2.37. The first-order valence-corrected chi connectivity index (χ1v) is 6.75. The molecule has 0 fully saturated rings. The van der Waals surface area contributed by atoms with Gasteiger partial charge in [0, 0.05) is 0 Å². The van der Waals surface area contributed by atoms with Crippen molar-refractivity contribution in [3.05, 3.63) is 89.6 Å². The van der Waals surface area contributed by atoms with Crippen LogP contribution in [0.1, 0.15) is 29.7 Å². The second-order valence-electron chi connectivity index (χ2n) is 5.13. The van der Waals surface area contributed by atoms with Gasteiger partial charge in [-0.2, -0.15) is 0 Å². The fourth-order valence-electron chi connectivity index (χ4n) is 2.54. The van der Waals surface area contributed by atoms with Gasteiger partial charge in [-0.05, 0) is 25.0 Å². The molecule has 100 valence electrons. The van der Waals surface area contributed by atoms with Gasteiger partial charge >= 0.3 is 0 Å². The Balaban J connectivity index is 2.23. The highest BCUT2D eigenvalue weighted by molar-refractivity contribution is 5.44. The highest BCUT2D eigenvalue weighted by Gasteiger charge is 2.35. The van der Waals surface area contributed by atoms with E-state index >= 15 is 0 Å². The Kier molecular flexibility index (Phi) is 3.15. The van der Waals surface area contributed by atoms with Crippen LogP contribution in [-0.2, 0) is 5.41 Å². The smallest absolute Gasteiger partial charge is 0.209 e. The molecule has 0 bridgehead atoms. The third kappa shape index (κ3) is 2.03. The number of hydrogen-bond acceptors (Lipinski definition) is 2. The van der Waals surface area contributed by atoms with E-state index in [2.05, 4.69) is 36.2 Å². The maximum absolute atomic E-state index is 5.85. The van der Waals surface area contributed by atoms with Gasteiger partial charge in [-0.25, -0.2) is 4.98 Å². The van der Waals surface area contributed by atoms with Crippen LogP contribution in [0.3, 0.4) is 0 Å². The van der Waals surface area contributed by atoms with Crippen molar-refractivity contribution in [2.24, 2.45) is 0 Å². The number of hydrogen-bond donors (Lipinski definition) is 0. The molecule has 0 aliphatic heterocycles. The van der Waals surface area contributed by atoms with Gasteiger partial charge in [-0.15, -0.1) is 0 Å². The van der Waals surface area contributed by atoms with E-state index in [1.165, 1.54) is 11.1 Å². The SMILES string of the molecule is Cc1cnc(C(C)(c2ccccc2)c2ccccc2)o1. The first-order chi connectivity index (χ1) is 9.71. The Morgan fingerprint density at radius 2 is 1.35 bits per heavy atom. The van der Waals surface area contributed by atoms with Crippen molar-refractivity contribution in [2.45, 2.75) is 19.3 Å². The lowest BCUT2D eigenvalue weighted by molar-refractivity contribution is 0.414. The zero-order chi connectivity index (χ0) is 14.0. The maximum atomic E-state index is 5.85. The van der Waals surface area contributed by atoms with Crippen molar-refractivity contribution in [3.8, 4) is 0 Å². The second-order valence-corrected chi connectivity index (χ2v) is 5.13. The largest absolute Gasteiger partial charge is 0.445 e. The summed E-state index contributed by atoms with van der Waals surface area (Å²) in [6, 6.07) is 20.7. The lowest BCUT2D eigenvalue weighted by atomic mass is 9.76. The Morgan fingerprint density at radius 3 is 1.75 bits per heavy atom. The molecular formula is C18H17NO. The minimum atomic E-state index is -0.378. The molecular weight excluding hydrogens is 246 g/mol. The predicted octanol–water partition coefficient (Wildman–Crippen LogP) is 4.34. The van der Waals surface area contributed by atoms with Crippen LogP contribution in [0.15, 0.2) is 71.3 Å². The molecule has 0 spiro atoms. The Labute approximate surface area is 119 Å². The van der Waals surface area contributed by atoms with Crippen LogP contribution in [0.2, 0.25) is 0 Å². The fraction of sp³-hybridized carbons (Fsp3) is 0.167. The second kappa shape index (κ2) is 4.97. The molecule has 0 amide bonds. The quantitative estimate of drug-likeness (QED) is 0.702. The molecule has 2 nitrogen and oxygen atoms in total. The summed E-state index contributed by atoms with van der Waals surface area (Å²) >= 11 is 0. The summed E-state index contributed by atoms with van der Waals surface area (Å²) in [5.74, 6) is 1.56. The van der Waals surface area contributed by atoms with Gasteiger partial charge in [0.15, 0.2) is 0 Å². The van der Waals surface area contributed by atoms with Gasteiger partial charge in [-0.3, -0.25) is 0 Å². The van der Waals surface area contributed by atoms with Crippen molar-refractivity contribution in [1.82, 2.24) is 4.98 Å². The lowest BCUT2D eigenvalue weighted by Gasteiger charge is -2.27. The van der Waals surface area contributed by atoms with Crippen LogP contribution in [0, 0.1) is 6.92 Å². The molecule has 20 heavy (non-hydrogen) atoms. The summed E-state index contributed by atoms with van der Waals surface area (Å²) in [5.41, 5.74) is 1.97. The van der Waals surface area contributed by atoms with E-state index in [1.807, 2.05) is 43.3 Å². The van der Waals surface area contributed by atoms with Crippen LogP contribution in [0.4, 0.5) is 0 Å². The van der Waals surface area contributed by atoms with Gasteiger partial charge in [0.1, 0.15) is 5.76 Å². The summed E-state index contributed by atoms with van der Waals surface area (Å²) in [7, 11) is 0. The monoisotopic (exact) mass is 263 g/mol. The van der Waals surface area contributed by atoms with E-state index < -0.39 is 0 Å². The Bertz CT molecular complexity index is 646. The van der Waals surface area contributed by atoms with E-state index in [4.69, 9.17) is 4.42 Å². The van der Waals surface area contributed by atoms with Crippen molar-refractivity contribution >= 4 is 0 Å². The average molecular weight is 263 g/mol. The molecule has 0 radical (unpaired) electrons. The summed E-state index contributed by atoms with van der Waals surface area (Å²) in [5, 5.41) is 0. The van der Waals surface area contributed by atoms with Gasteiger partial charge in [0.25, 0.3) is 0 Å². The molecule has 0 saturated carbocycles. The zero-order valence-corrected chi connectivity index (χ0v) is 11.7. The van der Waals surface area contributed by atoms with Crippen molar-refractivity contribution in [2.75, 3.05) is 0 Å². The van der Waals surface area contributed by atoms with Gasteiger partial charge in [0.05, 0.1) is 11.6 Å². The van der Waals surface area contributed by atoms with E-state index in [0.717, 1.165) is 11.7 Å². The van der Waals surface area contributed by atoms with E-state index in [0.29, 0.717) is 0 Å². The van der Waals surface area contributed by atoms with E-state index in [1.54, 1.807) is 6.20 Å². The first kappa shape index (κ1) is 12.7. The number of aromatic nitrogens is 1. The molecule has 3 rings (SSSR count). The first-order valence-electron chi connectivity index (χ1n) is 6.75. The molecule has 0 aliphatic carbocycles. The number of oxazole rings is 1. The van der Waals surface area contributed by atoms with Crippen LogP contribution >= 0.6 is 0 Å². The summed E-state index contributed by atoms with van der Waals surface area (Å²) in [6.07, 6.45) is 1.78. The molecule has 1 heterocycles. The fourth-order valence-corrected chi connectivity index (χ4v) is 2.54. The average Bonchev–Trinajstić information content (AvgIpc) is 2.95. The Hall–Kier alpha value is -2.35. The lowest BCUT2D eigenvalue weighted by Crippen LogP contribution is -2.25. The molecule has 0 unspecified atom stereocenters. The number of rotatable bonds is 3. The van der Waals surface area contributed by atoms with E-state index in [-0.39, 0.29) is 5.41 Å². The minimum Gasteiger partial charge on any atom is -0.445 e. The topological polar surface area (TPSA) is 26.0 Å². The Morgan fingerprint density at radius 1 is 0.850 bits per heavy atom. The number of nitrogens with zero attached hydrogens (tertiary/aromatic N) is 1. The molecule has 1 aromatic heterocycles. The molecule has 0 N–H and O–H groups in total. The maximum Gasteiger partial charge on any atom is 0.209 e. The van der Waals surface area contributed by atoms with Gasteiger partial charge in [0.2, 0.25) is 5.89 Å². The molecule has 2 heteroatoms. The summed E-state index contributed by atoms with van der Waals surface area (Å²) in [6.45, 7) is 4.08. The molecule has 2 aromatic carbocycles. The van der Waals surface area contributed by atoms with E-state index in [9.17, 15) is 0 Å². The van der Waals surface area contributed by atoms with Crippen molar-refractivity contribution < 1.29 is 4.42 Å². The highest BCUT2D eigenvalue weighted by atomic mass is 16.4. The molecule has 0 atom stereocenters. The predicted molar refractivity (Wildman–Crippen MR) is 79.7 cm³/mol. The van der Waals surface area contributed by atoms with Crippen molar-refractivity contribution in [1.29, 1.82) is 0 Å². The number of benzene rings is 2. The van der Waals surface area contributed by atoms with Crippen LogP contribution < -0.4 is 0 Å². The van der Waals surface area contributed by atoms with Gasteiger partial charge in [-0.1, -0.05) is 60.7 Å². The van der Waals surface area contributed by atoms with Crippen LogP contribution in [0.25, 0.3) is 0 Å². The van der Waals surface area contributed by atoms with Crippen molar-refractivity contribution in [3.63, 3.8) is 0 Å². The minimum absolute atomic E-state index is 0.378. The number of aryl methyl sites for hydroxylation is 1. The van der Waals surface area contributed by atoms with Crippen LogP contribution in [0.5, 0.6) is 0 Å². The van der Waals surface area contributed by atoms with Gasteiger partial charge < -0.3 is 4.42 Å². The third-order valence-electron chi connectivity index (χ3n) is 3.75. The standard InChI is InChI=1S/C18H17NO/c1-14-13-19-17(20-14)18(2,15-9-5-3-6-10-15)16-11-7-4-8-12-16/h3-13H,1-2H3. The third-order valence-corrected chi connectivity index (χ3v) is 3.75. The molecule has 3 aromatic rings. The molecule has 0 saturated heterocycles. The normalized spacial score (nSPS) is 11.5. The zero-order valence-electron chi connectivity index (χ0n) is 11.7. The summed E-state index contributed by atoms with van der Waals surface area (Å²) in [4.78, 5) is 4.47.